The molecule has 0 spiro atoms. The van der Waals surface area contributed by atoms with Gasteiger partial charge in [0, 0.05) is 18.8 Å². The van der Waals surface area contributed by atoms with E-state index in [0.29, 0.717) is 13.2 Å². The van der Waals surface area contributed by atoms with Gasteiger partial charge in [0.15, 0.2) is 11.4 Å². The molecular weight excluding hydrogens is 294 g/mol. The summed E-state index contributed by atoms with van der Waals surface area (Å²) in [6, 6.07) is 10.9. The Morgan fingerprint density at radius 3 is 2.74 bits per heavy atom. The fourth-order valence-electron chi connectivity index (χ4n) is 2.41. The number of benzene rings is 1. The fourth-order valence-corrected chi connectivity index (χ4v) is 2.41. The Morgan fingerprint density at radius 1 is 1.22 bits per heavy atom. The molecule has 1 aliphatic heterocycles. The standard InChI is InChI=1S/C17H17N3O3/c1-2-9-19-12-18-20-10-8-14(21)16(15(20)17(19)22)23-11-13-6-4-3-5-7-13/h2-8,10,18H,1,9,11-12H2. The molecule has 1 amide bonds. The second kappa shape index (κ2) is 6.39. The Balaban J connectivity index is 1.93. The number of nitrogens with one attached hydrogen (secondary N) is 1. The van der Waals surface area contributed by atoms with E-state index in [4.69, 9.17) is 4.74 Å². The Morgan fingerprint density at radius 2 is 2.00 bits per heavy atom. The van der Waals surface area contributed by atoms with Gasteiger partial charge in [-0.15, -0.1) is 6.58 Å². The van der Waals surface area contributed by atoms with Gasteiger partial charge in [0.1, 0.15) is 13.3 Å². The second-order valence-electron chi connectivity index (χ2n) is 5.13. The third kappa shape index (κ3) is 2.96. The topological polar surface area (TPSA) is 63.6 Å². The van der Waals surface area contributed by atoms with Gasteiger partial charge in [-0.3, -0.25) is 14.3 Å². The highest BCUT2D eigenvalue weighted by Gasteiger charge is 2.28. The number of nitrogens with zero attached hydrogens (tertiary/aromatic N) is 2. The molecule has 0 saturated carbocycles. The summed E-state index contributed by atoms with van der Waals surface area (Å²) in [5, 5.41) is 0. The van der Waals surface area contributed by atoms with Crippen LogP contribution in [0.4, 0.5) is 0 Å². The first-order valence-corrected chi connectivity index (χ1v) is 7.27. The molecule has 23 heavy (non-hydrogen) atoms. The van der Waals surface area contributed by atoms with Crippen LogP contribution in [0.25, 0.3) is 0 Å². The number of ether oxygens (including phenoxy) is 1. The van der Waals surface area contributed by atoms with Gasteiger partial charge in [0.2, 0.25) is 5.43 Å². The predicted molar refractivity (Wildman–Crippen MR) is 86.9 cm³/mol. The summed E-state index contributed by atoms with van der Waals surface area (Å²) in [6.07, 6.45) is 3.18. The van der Waals surface area contributed by atoms with Crippen molar-refractivity contribution in [3.8, 4) is 5.75 Å². The van der Waals surface area contributed by atoms with Crippen LogP contribution in [0.2, 0.25) is 0 Å². The largest absolute Gasteiger partial charge is 0.482 e. The molecule has 0 unspecified atom stereocenters. The Hall–Kier alpha value is -3.02. The summed E-state index contributed by atoms with van der Waals surface area (Å²) < 4.78 is 7.20. The summed E-state index contributed by atoms with van der Waals surface area (Å²) in [4.78, 5) is 26.3. The molecule has 0 fully saturated rings. The number of hydrogen-bond donors (Lipinski definition) is 1. The smallest absolute Gasteiger partial charge is 0.278 e. The molecule has 1 aromatic heterocycles. The number of rotatable bonds is 5. The van der Waals surface area contributed by atoms with Crippen LogP contribution in [0, 0.1) is 0 Å². The minimum absolute atomic E-state index is 0.0580. The second-order valence-corrected chi connectivity index (χ2v) is 5.13. The zero-order chi connectivity index (χ0) is 16.2. The van der Waals surface area contributed by atoms with E-state index >= 15 is 0 Å². The Labute approximate surface area is 133 Å². The SMILES string of the molecule is C=CCN1CNn2ccc(=O)c(OCc3ccccc3)c2C1=O. The zero-order valence-electron chi connectivity index (χ0n) is 12.6. The molecule has 1 aliphatic rings. The number of carbonyl (C=O) groups excluding carboxylic acids is 1. The van der Waals surface area contributed by atoms with E-state index in [0.717, 1.165) is 5.56 Å². The van der Waals surface area contributed by atoms with Crippen molar-refractivity contribution in [3.63, 3.8) is 0 Å². The molecule has 2 heterocycles. The first-order chi connectivity index (χ1) is 11.2. The summed E-state index contributed by atoms with van der Waals surface area (Å²) >= 11 is 0. The van der Waals surface area contributed by atoms with Crippen LogP contribution in [-0.4, -0.2) is 28.7 Å². The molecule has 2 aromatic rings. The third-order valence-corrected chi connectivity index (χ3v) is 3.55. The first kappa shape index (κ1) is 14.9. The highest BCUT2D eigenvalue weighted by atomic mass is 16.5. The molecule has 0 saturated heterocycles. The predicted octanol–water partition coefficient (Wildman–Crippen LogP) is 1.57. The van der Waals surface area contributed by atoms with E-state index in [-0.39, 0.29) is 29.4 Å². The van der Waals surface area contributed by atoms with Crippen LogP contribution >= 0.6 is 0 Å². The average molecular weight is 311 g/mol. The molecule has 118 valence electrons. The lowest BCUT2D eigenvalue weighted by atomic mass is 10.2. The first-order valence-electron chi connectivity index (χ1n) is 7.27. The monoisotopic (exact) mass is 311 g/mol. The number of amides is 1. The lowest BCUT2D eigenvalue weighted by molar-refractivity contribution is 0.0738. The van der Waals surface area contributed by atoms with E-state index < -0.39 is 0 Å². The van der Waals surface area contributed by atoms with Crippen LogP contribution in [0.5, 0.6) is 5.75 Å². The molecule has 0 radical (unpaired) electrons. The highest BCUT2D eigenvalue weighted by molar-refractivity contribution is 5.96. The molecule has 0 atom stereocenters. The van der Waals surface area contributed by atoms with Gasteiger partial charge in [-0.25, -0.2) is 0 Å². The van der Waals surface area contributed by atoms with E-state index in [1.54, 1.807) is 11.0 Å². The Bertz CT molecular complexity index is 783. The van der Waals surface area contributed by atoms with Gasteiger partial charge in [-0.1, -0.05) is 36.4 Å². The maximum Gasteiger partial charge on any atom is 0.278 e. The van der Waals surface area contributed by atoms with E-state index in [2.05, 4.69) is 12.0 Å². The van der Waals surface area contributed by atoms with Crippen LogP contribution in [0.15, 0.2) is 60.0 Å². The summed E-state index contributed by atoms with van der Waals surface area (Å²) in [5.41, 5.74) is 3.87. The summed E-state index contributed by atoms with van der Waals surface area (Å²) in [7, 11) is 0. The fraction of sp³-hybridized carbons (Fsp3) is 0.176. The molecule has 3 rings (SSSR count). The molecular formula is C17H17N3O3. The number of fused-ring (bicyclic) bond motifs is 1. The van der Waals surface area contributed by atoms with Crippen molar-refractivity contribution >= 4 is 5.91 Å². The van der Waals surface area contributed by atoms with Crippen molar-refractivity contribution in [2.75, 3.05) is 18.6 Å². The maximum absolute atomic E-state index is 12.6. The third-order valence-electron chi connectivity index (χ3n) is 3.55. The molecule has 6 heteroatoms. The maximum atomic E-state index is 12.6. The minimum atomic E-state index is -0.317. The van der Waals surface area contributed by atoms with Crippen LogP contribution in [0.1, 0.15) is 16.1 Å². The number of pyridine rings is 1. The number of aromatic nitrogens is 1. The number of carbonyl (C=O) groups is 1. The van der Waals surface area contributed by atoms with Gasteiger partial charge in [-0.05, 0) is 5.56 Å². The molecule has 0 aliphatic carbocycles. The number of hydrogen-bond acceptors (Lipinski definition) is 4. The van der Waals surface area contributed by atoms with Gasteiger partial charge in [-0.2, -0.15) is 0 Å². The van der Waals surface area contributed by atoms with Gasteiger partial charge < -0.3 is 15.1 Å². The molecule has 0 bridgehead atoms. The average Bonchev–Trinajstić information content (AvgIpc) is 2.58. The molecule has 1 N–H and O–H groups in total. The van der Waals surface area contributed by atoms with Gasteiger partial charge in [0.05, 0.1) is 0 Å². The lowest BCUT2D eigenvalue weighted by Crippen LogP contribution is -2.46. The van der Waals surface area contributed by atoms with Crippen molar-refractivity contribution in [3.05, 3.63) is 76.7 Å². The summed E-state index contributed by atoms with van der Waals surface area (Å²) in [5.74, 6) is -0.202. The van der Waals surface area contributed by atoms with Crippen molar-refractivity contribution in [2.45, 2.75) is 6.61 Å². The molecule has 6 nitrogen and oxygen atoms in total. The Kier molecular flexibility index (Phi) is 4.14. The van der Waals surface area contributed by atoms with Crippen molar-refractivity contribution in [1.82, 2.24) is 9.58 Å². The summed E-state index contributed by atoms with van der Waals surface area (Å²) in [6.45, 7) is 4.61. The molecule has 1 aromatic carbocycles. The van der Waals surface area contributed by atoms with Gasteiger partial charge >= 0.3 is 0 Å². The van der Waals surface area contributed by atoms with E-state index in [1.165, 1.54) is 16.9 Å². The van der Waals surface area contributed by atoms with E-state index in [9.17, 15) is 9.59 Å². The normalized spacial score (nSPS) is 13.2. The van der Waals surface area contributed by atoms with Gasteiger partial charge in [0.25, 0.3) is 5.91 Å². The van der Waals surface area contributed by atoms with Crippen LogP contribution < -0.4 is 15.6 Å². The lowest BCUT2D eigenvalue weighted by Gasteiger charge is -2.31. The van der Waals surface area contributed by atoms with Crippen molar-refractivity contribution in [1.29, 1.82) is 0 Å². The van der Waals surface area contributed by atoms with Crippen molar-refractivity contribution in [2.24, 2.45) is 0 Å². The zero-order valence-corrected chi connectivity index (χ0v) is 12.6. The van der Waals surface area contributed by atoms with Crippen LogP contribution in [-0.2, 0) is 6.61 Å². The highest BCUT2D eigenvalue weighted by Crippen LogP contribution is 2.19. The van der Waals surface area contributed by atoms with Crippen LogP contribution in [0.3, 0.4) is 0 Å². The quantitative estimate of drug-likeness (QED) is 0.851. The van der Waals surface area contributed by atoms with E-state index in [1.807, 2.05) is 30.3 Å². The minimum Gasteiger partial charge on any atom is -0.482 e. The van der Waals surface area contributed by atoms with Crippen molar-refractivity contribution < 1.29 is 9.53 Å².